The van der Waals surface area contributed by atoms with Crippen LogP contribution in [0.1, 0.15) is 38.3 Å². The summed E-state index contributed by atoms with van der Waals surface area (Å²) in [5, 5.41) is 0. The van der Waals surface area contributed by atoms with Crippen molar-refractivity contribution in [2.45, 2.75) is 39.2 Å². The first-order valence-corrected chi connectivity index (χ1v) is 6.04. The topological polar surface area (TPSA) is 49.0 Å². The van der Waals surface area contributed by atoms with E-state index >= 15 is 0 Å². The number of likely N-dealkylation sites (tertiary alicyclic amines) is 1. The van der Waals surface area contributed by atoms with E-state index in [1.165, 1.54) is 12.8 Å². The summed E-state index contributed by atoms with van der Waals surface area (Å²) < 4.78 is 0. The number of amides is 1. The van der Waals surface area contributed by atoms with Crippen LogP contribution in [0.15, 0.2) is 12.5 Å². The second-order valence-corrected chi connectivity index (χ2v) is 4.54. The third kappa shape index (κ3) is 2.62. The van der Waals surface area contributed by atoms with Crippen LogP contribution in [0, 0.1) is 5.92 Å². The van der Waals surface area contributed by atoms with Crippen molar-refractivity contribution >= 4 is 5.91 Å². The van der Waals surface area contributed by atoms with Crippen LogP contribution in [0.3, 0.4) is 0 Å². The van der Waals surface area contributed by atoms with Gasteiger partial charge in [-0.1, -0.05) is 13.3 Å². The number of piperidine rings is 1. The van der Waals surface area contributed by atoms with Crippen LogP contribution in [0.25, 0.3) is 0 Å². The lowest BCUT2D eigenvalue weighted by Crippen LogP contribution is -2.39. The quantitative estimate of drug-likeness (QED) is 0.844. The van der Waals surface area contributed by atoms with Crippen LogP contribution in [0.4, 0.5) is 0 Å². The average molecular weight is 221 g/mol. The van der Waals surface area contributed by atoms with E-state index in [1.807, 2.05) is 4.90 Å². The predicted molar refractivity (Wildman–Crippen MR) is 61.6 cm³/mol. The molecule has 1 N–H and O–H groups in total. The van der Waals surface area contributed by atoms with Crippen LogP contribution in [0.2, 0.25) is 0 Å². The highest BCUT2D eigenvalue weighted by molar-refractivity contribution is 5.76. The van der Waals surface area contributed by atoms with E-state index in [-0.39, 0.29) is 5.91 Å². The van der Waals surface area contributed by atoms with Crippen molar-refractivity contribution in [3.63, 3.8) is 0 Å². The fourth-order valence-corrected chi connectivity index (χ4v) is 2.36. The van der Waals surface area contributed by atoms with Gasteiger partial charge in [-0.05, 0) is 18.8 Å². The molecule has 2 rings (SSSR count). The molecular weight excluding hydrogens is 202 g/mol. The molecule has 1 aliphatic heterocycles. The third-order valence-electron chi connectivity index (χ3n) is 3.21. The van der Waals surface area contributed by atoms with E-state index in [2.05, 4.69) is 16.9 Å². The minimum absolute atomic E-state index is 0.280. The maximum atomic E-state index is 11.8. The number of rotatable bonds is 4. The lowest BCUT2D eigenvalue weighted by Gasteiger charge is -2.32. The Bertz CT molecular complexity index is 334. The highest BCUT2D eigenvalue weighted by Gasteiger charge is 2.25. The molecule has 1 amide bonds. The molecule has 1 atom stereocenters. The second kappa shape index (κ2) is 5.14. The van der Waals surface area contributed by atoms with E-state index in [9.17, 15) is 4.79 Å². The van der Waals surface area contributed by atoms with Gasteiger partial charge in [-0.2, -0.15) is 0 Å². The van der Waals surface area contributed by atoms with Crippen LogP contribution >= 0.6 is 0 Å². The van der Waals surface area contributed by atoms with Crippen LogP contribution in [-0.4, -0.2) is 27.3 Å². The fraction of sp³-hybridized carbons (Fsp3) is 0.667. The van der Waals surface area contributed by atoms with E-state index in [0.29, 0.717) is 18.9 Å². The molecule has 0 spiro atoms. The Kier molecular flexibility index (Phi) is 3.59. The minimum atomic E-state index is 0.280. The molecule has 1 aromatic heterocycles. The van der Waals surface area contributed by atoms with Gasteiger partial charge in [-0.25, -0.2) is 4.98 Å². The molecule has 1 saturated heterocycles. The van der Waals surface area contributed by atoms with Gasteiger partial charge < -0.3 is 9.88 Å². The average Bonchev–Trinajstić information content (AvgIpc) is 2.76. The highest BCUT2D eigenvalue weighted by Crippen LogP contribution is 2.22. The number of nitrogens with one attached hydrogen (secondary N) is 1. The van der Waals surface area contributed by atoms with Gasteiger partial charge in [-0.15, -0.1) is 0 Å². The Hall–Kier alpha value is -1.32. The fourth-order valence-electron chi connectivity index (χ4n) is 2.36. The molecule has 4 heteroatoms. The SMILES string of the molecule is CCCC1CCC(=O)N(Cc2cnc[nH]2)C1. The van der Waals surface area contributed by atoms with Crippen molar-refractivity contribution in [1.29, 1.82) is 0 Å². The standard InChI is InChI=1S/C12H19N3O/c1-2-3-10-4-5-12(16)15(7-10)8-11-6-13-9-14-11/h6,9-10H,2-5,7-8H2,1H3,(H,13,14). The number of hydrogen-bond acceptors (Lipinski definition) is 2. The summed E-state index contributed by atoms with van der Waals surface area (Å²) in [5.41, 5.74) is 1.02. The zero-order valence-electron chi connectivity index (χ0n) is 9.78. The molecule has 0 saturated carbocycles. The molecule has 1 aliphatic rings. The number of nitrogens with zero attached hydrogens (tertiary/aromatic N) is 2. The van der Waals surface area contributed by atoms with E-state index in [0.717, 1.165) is 18.7 Å². The Balaban J connectivity index is 1.93. The maximum Gasteiger partial charge on any atom is 0.222 e. The normalized spacial score (nSPS) is 21.4. The largest absolute Gasteiger partial charge is 0.347 e. The summed E-state index contributed by atoms with van der Waals surface area (Å²) in [5.74, 6) is 0.965. The van der Waals surface area contributed by atoms with Crippen molar-refractivity contribution in [3.05, 3.63) is 18.2 Å². The number of carbonyl (C=O) groups excluding carboxylic acids is 1. The smallest absolute Gasteiger partial charge is 0.222 e. The molecule has 0 aromatic carbocycles. The van der Waals surface area contributed by atoms with Crippen molar-refractivity contribution < 1.29 is 4.79 Å². The number of carbonyl (C=O) groups is 1. The molecule has 0 aliphatic carbocycles. The Morgan fingerprint density at radius 3 is 3.19 bits per heavy atom. The van der Waals surface area contributed by atoms with Crippen molar-refractivity contribution in [3.8, 4) is 0 Å². The monoisotopic (exact) mass is 221 g/mol. The highest BCUT2D eigenvalue weighted by atomic mass is 16.2. The summed E-state index contributed by atoms with van der Waals surface area (Å²) in [7, 11) is 0. The molecule has 16 heavy (non-hydrogen) atoms. The molecule has 2 heterocycles. The van der Waals surface area contributed by atoms with Crippen LogP contribution < -0.4 is 0 Å². The van der Waals surface area contributed by atoms with Gasteiger partial charge in [0.05, 0.1) is 18.6 Å². The number of H-pyrrole nitrogens is 1. The molecule has 1 unspecified atom stereocenters. The summed E-state index contributed by atoms with van der Waals surface area (Å²) in [4.78, 5) is 20.7. The van der Waals surface area contributed by atoms with Crippen LogP contribution in [0.5, 0.6) is 0 Å². The van der Waals surface area contributed by atoms with E-state index in [4.69, 9.17) is 0 Å². The predicted octanol–water partition coefficient (Wildman–Crippen LogP) is 1.95. The van der Waals surface area contributed by atoms with Gasteiger partial charge in [0, 0.05) is 19.2 Å². The number of hydrogen-bond donors (Lipinski definition) is 1. The van der Waals surface area contributed by atoms with Gasteiger partial charge in [0.15, 0.2) is 0 Å². The number of aromatic nitrogens is 2. The first-order chi connectivity index (χ1) is 7.79. The van der Waals surface area contributed by atoms with Gasteiger partial charge in [0.2, 0.25) is 5.91 Å². The third-order valence-corrected chi connectivity index (χ3v) is 3.21. The Morgan fingerprint density at radius 2 is 2.50 bits per heavy atom. The van der Waals surface area contributed by atoms with Crippen LogP contribution in [-0.2, 0) is 11.3 Å². The molecule has 0 radical (unpaired) electrons. The number of aromatic amines is 1. The molecule has 1 fully saturated rings. The lowest BCUT2D eigenvalue weighted by molar-refractivity contribution is -0.135. The zero-order chi connectivity index (χ0) is 11.4. The van der Waals surface area contributed by atoms with E-state index < -0.39 is 0 Å². The summed E-state index contributed by atoms with van der Waals surface area (Å²) >= 11 is 0. The summed E-state index contributed by atoms with van der Waals surface area (Å²) in [6.07, 6.45) is 7.65. The zero-order valence-corrected chi connectivity index (χ0v) is 9.78. The van der Waals surface area contributed by atoms with Gasteiger partial charge in [0.25, 0.3) is 0 Å². The molecule has 4 nitrogen and oxygen atoms in total. The number of imidazole rings is 1. The molecule has 0 bridgehead atoms. The lowest BCUT2D eigenvalue weighted by atomic mass is 9.93. The van der Waals surface area contributed by atoms with Gasteiger partial charge >= 0.3 is 0 Å². The minimum Gasteiger partial charge on any atom is -0.347 e. The summed E-state index contributed by atoms with van der Waals surface area (Å²) in [6.45, 7) is 3.79. The first-order valence-electron chi connectivity index (χ1n) is 6.04. The Morgan fingerprint density at radius 1 is 1.62 bits per heavy atom. The van der Waals surface area contributed by atoms with Crippen molar-refractivity contribution in [2.75, 3.05) is 6.54 Å². The van der Waals surface area contributed by atoms with Gasteiger partial charge in [-0.3, -0.25) is 4.79 Å². The van der Waals surface area contributed by atoms with Crippen molar-refractivity contribution in [1.82, 2.24) is 14.9 Å². The molecular formula is C12H19N3O. The first kappa shape index (κ1) is 11.2. The van der Waals surface area contributed by atoms with E-state index in [1.54, 1.807) is 12.5 Å². The second-order valence-electron chi connectivity index (χ2n) is 4.54. The molecule has 88 valence electrons. The van der Waals surface area contributed by atoms with Gasteiger partial charge in [0.1, 0.15) is 0 Å². The molecule has 1 aromatic rings. The van der Waals surface area contributed by atoms with Crippen molar-refractivity contribution in [2.24, 2.45) is 5.92 Å². The summed E-state index contributed by atoms with van der Waals surface area (Å²) in [6, 6.07) is 0. The Labute approximate surface area is 96.1 Å². The maximum absolute atomic E-state index is 11.8.